The lowest BCUT2D eigenvalue weighted by atomic mass is 10.0. The Balaban J connectivity index is 2.11. The third kappa shape index (κ3) is 1.13. The van der Waals surface area contributed by atoms with E-state index in [1.54, 1.807) is 0 Å². The van der Waals surface area contributed by atoms with Crippen LogP contribution in [0.25, 0.3) is 0 Å². The first-order valence-corrected chi connectivity index (χ1v) is 5.47. The molecule has 1 fully saturated rings. The van der Waals surface area contributed by atoms with Crippen molar-refractivity contribution >= 4 is 0 Å². The van der Waals surface area contributed by atoms with Crippen molar-refractivity contribution in [1.82, 2.24) is 0 Å². The molecule has 0 radical (unpaired) electrons. The smallest absolute Gasteiger partial charge is 0.109 e. The Hall–Kier alpha value is -0.500. The number of nitrogens with two attached hydrogens (primary N) is 1. The third-order valence-corrected chi connectivity index (χ3v) is 4.55. The molecule has 0 aromatic heterocycles. The summed E-state index contributed by atoms with van der Waals surface area (Å²) < 4.78 is 5.54. The Kier molecular flexibility index (Phi) is 1.97. The number of hydrogen-bond acceptors (Lipinski definition) is 2. The van der Waals surface area contributed by atoms with Gasteiger partial charge in [0.15, 0.2) is 0 Å². The highest BCUT2D eigenvalue weighted by Gasteiger charge is 2.67. The van der Waals surface area contributed by atoms with Crippen LogP contribution in [0.4, 0.5) is 0 Å². The Bertz CT molecular complexity index is 264. The number of hydrogen-bond donors (Lipinski definition) is 1. The van der Waals surface area contributed by atoms with Crippen molar-refractivity contribution in [1.29, 1.82) is 0 Å². The normalized spacial score (nSPS) is 30.8. The molecule has 14 heavy (non-hydrogen) atoms. The van der Waals surface area contributed by atoms with E-state index in [4.69, 9.17) is 10.5 Å². The van der Waals surface area contributed by atoms with Crippen molar-refractivity contribution in [2.45, 2.75) is 40.2 Å². The largest absolute Gasteiger partial charge is 0.496 e. The van der Waals surface area contributed by atoms with Crippen molar-refractivity contribution in [3.05, 3.63) is 11.8 Å². The second-order valence-corrected chi connectivity index (χ2v) is 5.69. The minimum atomic E-state index is 0.0995. The number of ether oxygens (including phenoxy) is 1. The summed E-state index contributed by atoms with van der Waals surface area (Å²) in [4.78, 5) is 0. The highest BCUT2D eigenvalue weighted by Crippen LogP contribution is 2.70. The molecular weight excluding hydrogens is 174 g/mol. The fraction of sp³-hybridized carbons (Fsp3) is 0.833. The fourth-order valence-corrected chi connectivity index (χ4v) is 2.98. The highest BCUT2D eigenvalue weighted by molar-refractivity contribution is 5.23. The zero-order valence-electron chi connectivity index (χ0n) is 9.63. The summed E-state index contributed by atoms with van der Waals surface area (Å²) in [6.45, 7) is 10.0. The standard InChI is InChI=1S/C12H21NO/c1-11(2)10(12(11,3)4)9(13)8-6-5-7-14-8/h6,9-10H,5,7,13H2,1-4H3. The van der Waals surface area contributed by atoms with Crippen LogP contribution in [0.2, 0.25) is 0 Å². The van der Waals surface area contributed by atoms with E-state index in [0.29, 0.717) is 16.7 Å². The Morgan fingerprint density at radius 3 is 2.29 bits per heavy atom. The van der Waals surface area contributed by atoms with Crippen LogP contribution >= 0.6 is 0 Å². The molecule has 80 valence electrons. The van der Waals surface area contributed by atoms with Gasteiger partial charge < -0.3 is 10.5 Å². The summed E-state index contributed by atoms with van der Waals surface area (Å²) in [6.07, 6.45) is 3.17. The molecule has 1 aliphatic heterocycles. The van der Waals surface area contributed by atoms with Crippen molar-refractivity contribution in [3.8, 4) is 0 Å². The van der Waals surface area contributed by atoms with Crippen LogP contribution < -0.4 is 5.73 Å². The van der Waals surface area contributed by atoms with Crippen molar-refractivity contribution in [3.63, 3.8) is 0 Å². The van der Waals surface area contributed by atoms with Gasteiger partial charge in [-0.2, -0.15) is 0 Å². The Morgan fingerprint density at radius 2 is 1.93 bits per heavy atom. The van der Waals surface area contributed by atoms with Gasteiger partial charge in [0.25, 0.3) is 0 Å². The molecule has 0 aromatic rings. The fourth-order valence-electron chi connectivity index (χ4n) is 2.98. The molecule has 1 saturated carbocycles. The molecule has 2 aliphatic rings. The van der Waals surface area contributed by atoms with Gasteiger partial charge in [-0.15, -0.1) is 0 Å². The van der Waals surface area contributed by atoms with Gasteiger partial charge >= 0.3 is 0 Å². The van der Waals surface area contributed by atoms with Gasteiger partial charge in [-0.3, -0.25) is 0 Å². The first-order valence-electron chi connectivity index (χ1n) is 5.47. The molecule has 2 nitrogen and oxygen atoms in total. The minimum absolute atomic E-state index is 0.0995. The number of rotatable bonds is 2. The molecule has 0 saturated heterocycles. The molecule has 2 N–H and O–H groups in total. The molecule has 0 bridgehead atoms. The SMILES string of the molecule is CC1(C)C(C(N)C2=CCCO2)C1(C)C. The maximum atomic E-state index is 6.24. The van der Waals surface area contributed by atoms with Crippen molar-refractivity contribution in [2.75, 3.05) is 6.61 Å². The van der Waals surface area contributed by atoms with E-state index in [2.05, 4.69) is 33.8 Å². The minimum Gasteiger partial charge on any atom is -0.496 e. The lowest BCUT2D eigenvalue weighted by molar-refractivity contribution is 0.213. The van der Waals surface area contributed by atoms with Gasteiger partial charge in [-0.05, 0) is 22.8 Å². The Morgan fingerprint density at radius 1 is 1.36 bits per heavy atom. The molecule has 1 atom stereocenters. The summed E-state index contributed by atoms with van der Waals surface area (Å²) >= 11 is 0. The zero-order valence-corrected chi connectivity index (χ0v) is 9.63. The van der Waals surface area contributed by atoms with Crippen LogP contribution in [0.5, 0.6) is 0 Å². The maximum Gasteiger partial charge on any atom is 0.109 e. The molecular formula is C12H21NO. The summed E-state index contributed by atoms with van der Waals surface area (Å²) in [6, 6.07) is 0.0995. The molecule has 1 heterocycles. The van der Waals surface area contributed by atoms with Crippen LogP contribution in [-0.2, 0) is 4.74 Å². The molecule has 2 heteroatoms. The topological polar surface area (TPSA) is 35.2 Å². The van der Waals surface area contributed by atoms with Gasteiger partial charge in [-0.1, -0.05) is 27.7 Å². The molecule has 0 aromatic carbocycles. The zero-order chi connectivity index (χ0) is 10.6. The van der Waals surface area contributed by atoms with Gasteiger partial charge in [0.2, 0.25) is 0 Å². The second kappa shape index (κ2) is 2.75. The summed E-state index contributed by atoms with van der Waals surface area (Å²) in [5, 5.41) is 0. The predicted octanol–water partition coefficient (Wildman–Crippen LogP) is 2.30. The molecule has 0 spiro atoms. The van der Waals surface area contributed by atoms with E-state index in [1.807, 2.05) is 0 Å². The van der Waals surface area contributed by atoms with E-state index in [9.17, 15) is 0 Å². The average molecular weight is 195 g/mol. The highest BCUT2D eigenvalue weighted by atomic mass is 16.5. The van der Waals surface area contributed by atoms with E-state index < -0.39 is 0 Å². The lowest BCUT2D eigenvalue weighted by Crippen LogP contribution is -2.28. The van der Waals surface area contributed by atoms with E-state index in [1.165, 1.54) is 0 Å². The van der Waals surface area contributed by atoms with Crippen LogP contribution in [0.1, 0.15) is 34.1 Å². The quantitative estimate of drug-likeness (QED) is 0.733. The predicted molar refractivity (Wildman–Crippen MR) is 57.7 cm³/mol. The van der Waals surface area contributed by atoms with Crippen LogP contribution in [0, 0.1) is 16.7 Å². The summed E-state index contributed by atoms with van der Waals surface area (Å²) in [7, 11) is 0. The van der Waals surface area contributed by atoms with E-state index in [-0.39, 0.29) is 6.04 Å². The van der Waals surface area contributed by atoms with E-state index >= 15 is 0 Å². The van der Waals surface area contributed by atoms with E-state index in [0.717, 1.165) is 18.8 Å². The van der Waals surface area contributed by atoms with Crippen molar-refractivity contribution in [2.24, 2.45) is 22.5 Å². The van der Waals surface area contributed by atoms with Crippen LogP contribution in [0.15, 0.2) is 11.8 Å². The molecule has 2 rings (SSSR count). The van der Waals surface area contributed by atoms with Gasteiger partial charge in [0, 0.05) is 6.42 Å². The summed E-state index contributed by atoms with van der Waals surface area (Å²) in [5.74, 6) is 1.58. The first-order chi connectivity index (χ1) is 6.39. The monoisotopic (exact) mass is 195 g/mol. The lowest BCUT2D eigenvalue weighted by Gasteiger charge is -2.15. The average Bonchev–Trinajstić information content (AvgIpc) is 2.53. The molecule has 1 aliphatic carbocycles. The van der Waals surface area contributed by atoms with Gasteiger partial charge in [-0.25, -0.2) is 0 Å². The molecule has 0 amide bonds. The van der Waals surface area contributed by atoms with Crippen LogP contribution in [-0.4, -0.2) is 12.6 Å². The van der Waals surface area contributed by atoms with Crippen molar-refractivity contribution < 1.29 is 4.74 Å². The third-order valence-electron chi connectivity index (χ3n) is 4.55. The second-order valence-electron chi connectivity index (χ2n) is 5.69. The van der Waals surface area contributed by atoms with Crippen LogP contribution in [0.3, 0.4) is 0 Å². The van der Waals surface area contributed by atoms with Gasteiger partial charge in [0.05, 0.1) is 12.6 Å². The van der Waals surface area contributed by atoms with Gasteiger partial charge in [0.1, 0.15) is 5.76 Å². The Labute approximate surface area is 86.5 Å². The summed E-state index contributed by atoms with van der Waals surface area (Å²) in [5.41, 5.74) is 6.94. The first kappa shape index (κ1) is 10.0. The molecule has 1 unspecified atom stereocenters. The maximum absolute atomic E-state index is 6.24.